The van der Waals surface area contributed by atoms with Gasteiger partial charge in [0.2, 0.25) is 0 Å². The number of aliphatic hydroxyl groups is 5. The second-order valence-electron chi connectivity index (χ2n) is 16.3. The van der Waals surface area contributed by atoms with Crippen molar-refractivity contribution in [1.29, 1.82) is 0 Å². The molecule has 8 atom stereocenters. The van der Waals surface area contributed by atoms with Gasteiger partial charge in [-0.1, -0.05) is 138 Å². The molecule has 0 bridgehead atoms. The van der Waals surface area contributed by atoms with E-state index in [0.717, 1.165) is 83.5 Å². The van der Waals surface area contributed by atoms with Gasteiger partial charge in [-0.15, -0.1) is 0 Å². The van der Waals surface area contributed by atoms with Crippen LogP contribution in [0, 0.1) is 0 Å². The minimum atomic E-state index is -5.14. The molecule has 0 radical (unpaired) electrons. The highest BCUT2D eigenvalue weighted by Crippen LogP contribution is 2.47. The number of phosphoric acid groups is 1. The van der Waals surface area contributed by atoms with Crippen LogP contribution in [-0.4, -0.2) is 98.3 Å². The Morgan fingerprint density at radius 2 is 0.857 bits per heavy atom. The molecule has 1 saturated carbocycles. The summed E-state index contributed by atoms with van der Waals surface area (Å²) in [4.78, 5) is 35.7. The first-order chi connectivity index (χ1) is 30.4. The van der Waals surface area contributed by atoms with Crippen LogP contribution < -0.4 is 0 Å². The number of hydrogen-bond acceptors (Lipinski definition) is 12. The first kappa shape index (κ1) is 58.3. The molecular weight excluding hydrogens is 827 g/mol. The van der Waals surface area contributed by atoms with Gasteiger partial charge in [0, 0.05) is 12.8 Å². The Morgan fingerprint density at radius 1 is 0.492 bits per heavy atom. The lowest BCUT2D eigenvalue weighted by Gasteiger charge is -2.41. The molecule has 0 spiro atoms. The maximum Gasteiger partial charge on any atom is 0.472 e. The zero-order chi connectivity index (χ0) is 46.4. The average Bonchev–Trinajstić information content (AvgIpc) is 3.26. The van der Waals surface area contributed by atoms with E-state index < -0.39 is 75.7 Å². The summed E-state index contributed by atoms with van der Waals surface area (Å²) in [5.74, 6) is -1.16. The number of unbranched alkanes of at least 4 members (excludes halogenated alkanes) is 14. The first-order valence-electron chi connectivity index (χ1n) is 23.7. The quantitative estimate of drug-likeness (QED) is 0.0148. The third-order valence-electron chi connectivity index (χ3n) is 10.5. The lowest BCUT2D eigenvalue weighted by molar-refractivity contribution is -0.220. The molecule has 1 fully saturated rings. The number of carbonyl (C=O) groups excluding carboxylic acids is 2. The Labute approximate surface area is 378 Å². The SMILES string of the molecule is CCCCCC=CCC=CCC=CCCCCCCCCC(=O)OC[C@H](COP(=O)(O)OC1C(O)C(O)C(O)[C@@H](O)C1O)OC(=O)CCCCC=CCC=CCC=CCCCCC. The molecule has 63 heavy (non-hydrogen) atoms. The number of hydrogen-bond donors (Lipinski definition) is 6. The fraction of sp³-hybridized carbons (Fsp3) is 0.714. The highest BCUT2D eigenvalue weighted by atomic mass is 31.2. The van der Waals surface area contributed by atoms with E-state index in [1.807, 2.05) is 0 Å². The van der Waals surface area contributed by atoms with Crippen molar-refractivity contribution in [1.82, 2.24) is 0 Å². The van der Waals surface area contributed by atoms with Crippen LogP contribution in [-0.2, 0) is 32.7 Å². The molecule has 13 nitrogen and oxygen atoms in total. The maximum atomic E-state index is 12.8. The molecule has 0 aromatic rings. The monoisotopic (exact) mass is 911 g/mol. The number of aliphatic hydroxyl groups excluding tert-OH is 5. The predicted octanol–water partition coefficient (Wildman–Crippen LogP) is 9.50. The van der Waals surface area contributed by atoms with Gasteiger partial charge in [0.25, 0.3) is 0 Å². The molecule has 6 unspecified atom stereocenters. The van der Waals surface area contributed by atoms with Gasteiger partial charge in [0.1, 0.15) is 43.2 Å². The largest absolute Gasteiger partial charge is 0.472 e. The molecule has 0 aliphatic heterocycles. The third-order valence-corrected chi connectivity index (χ3v) is 11.5. The van der Waals surface area contributed by atoms with Crippen molar-refractivity contribution in [3.05, 3.63) is 72.9 Å². The van der Waals surface area contributed by atoms with Crippen LogP contribution in [0.3, 0.4) is 0 Å². The topological polar surface area (TPSA) is 210 Å². The average molecular weight is 911 g/mol. The zero-order valence-electron chi connectivity index (χ0n) is 38.3. The number of esters is 2. The summed E-state index contributed by atoms with van der Waals surface area (Å²) in [6, 6.07) is 0. The standard InChI is InChI=1S/C49H83O13P/c1-3-5-7-9-11-13-15-17-19-20-21-22-24-25-27-29-31-33-35-37-42(50)59-39-41(40-60-63(57,58)62-49-47(55)45(53)44(52)46(54)48(49)56)61-43(51)38-36-34-32-30-28-26-23-18-16-14-12-10-8-6-4-2/h11-14,17-19,21-23,28,30,41,44-49,52-56H,3-10,15-16,20,24-27,29,31-40H2,1-2H3,(H,57,58)/t41-,44?,45-,46?,47?,48?,49?/m1/s1. The van der Waals surface area contributed by atoms with Crippen LogP contribution >= 0.6 is 7.82 Å². The minimum absolute atomic E-state index is 0.0413. The van der Waals surface area contributed by atoms with Gasteiger partial charge >= 0.3 is 19.8 Å². The van der Waals surface area contributed by atoms with Crippen LogP contribution in [0.2, 0.25) is 0 Å². The van der Waals surface area contributed by atoms with Crippen LogP contribution in [0.5, 0.6) is 0 Å². The van der Waals surface area contributed by atoms with E-state index >= 15 is 0 Å². The maximum absolute atomic E-state index is 12.8. The fourth-order valence-corrected chi connectivity index (χ4v) is 7.62. The van der Waals surface area contributed by atoms with Crippen LogP contribution in [0.1, 0.15) is 168 Å². The van der Waals surface area contributed by atoms with Crippen molar-refractivity contribution in [2.45, 2.75) is 211 Å². The van der Waals surface area contributed by atoms with Gasteiger partial charge in [-0.25, -0.2) is 4.57 Å². The summed E-state index contributed by atoms with van der Waals surface area (Å²) in [6.07, 6.45) is 35.2. The van der Waals surface area contributed by atoms with Gasteiger partial charge in [-0.05, 0) is 89.9 Å². The molecule has 0 aromatic heterocycles. The Kier molecular flexibility index (Phi) is 35.7. The number of rotatable bonds is 38. The molecule has 1 rings (SSSR count). The van der Waals surface area contributed by atoms with Crippen molar-refractivity contribution in [2.24, 2.45) is 0 Å². The van der Waals surface area contributed by atoms with E-state index in [2.05, 4.69) is 86.8 Å². The third kappa shape index (κ3) is 31.0. The van der Waals surface area contributed by atoms with Crippen molar-refractivity contribution in [3.63, 3.8) is 0 Å². The molecule has 0 saturated heterocycles. The van der Waals surface area contributed by atoms with Crippen molar-refractivity contribution < 1.29 is 63.1 Å². The van der Waals surface area contributed by atoms with Gasteiger partial charge in [-0.2, -0.15) is 0 Å². The lowest BCUT2D eigenvalue weighted by Crippen LogP contribution is -2.64. The second kappa shape index (κ2) is 38.5. The van der Waals surface area contributed by atoms with E-state index in [0.29, 0.717) is 12.8 Å². The summed E-state index contributed by atoms with van der Waals surface area (Å²) in [6.45, 7) is 3.19. The minimum Gasteiger partial charge on any atom is -0.462 e. The van der Waals surface area contributed by atoms with Crippen LogP contribution in [0.15, 0.2) is 72.9 Å². The van der Waals surface area contributed by atoms with Gasteiger partial charge in [0.15, 0.2) is 6.10 Å². The summed E-state index contributed by atoms with van der Waals surface area (Å²) in [5, 5.41) is 50.2. The summed E-state index contributed by atoms with van der Waals surface area (Å²) < 4.78 is 33.5. The zero-order valence-corrected chi connectivity index (χ0v) is 39.2. The van der Waals surface area contributed by atoms with E-state index in [1.54, 1.807) is 0 Å². The molecular formula is C49H83O13P. The number of allylic oxidation sites excluding steroid dienone is 12. The van der Waals surface area contributed by atoms with Crippen LogP contribution in [0.4, 0.5) is 0 Å². The van der Waals surface area contributed by atoms with Crippen LogP contribution in [0.25, 0.3) is 0 Å². The Balaban J connectivity index is 2.48. The van der Waals surface area contributed by atoms with Crippen molar-refractivity contribution in [2.75, 3.05) is 13.2 Å². The molecule has 1 aliphatic carbocycles. The molecule has 362 valence electrons. The van der Waals surface area contributed by atoms with Gasteiger partial charge < -0.3 is 39.9 Å². The number of ether oxygens (including phenoxy) is 2. The van der Waals surface area contributed by atoms with Gasteiger partial charge in [0.05, 0.1) is 6.61 Å². The highest BCUT2D eigenvalue weighted by molar-refractivity contribution is 7.47. The molecule has 0 aromatic carbocycles. The normalized spacial score (nSPS) is 22.3. The molecule has 6 N–H and O–H groups in total. The van der Waals surface area contributed by atoms with E-state index in [4.69, 9.17) is 18.5 Å². The first-order valence-corrected chi connectivity index (χ1v) is 25.2. The fourth-order valence-electron chi connectivity index (χ4n) is 6.65. The molecule has 0 heterocycles. The van der Waals surface area contributed by atoms with Crippen molar-refractivity contribution in [3.8, 4) is 0 Å². The van der Waals surface area contributed by atoms with E-state index in [9.17, 15) is 44.6 Å². The number of phosphoric ester groups is 1. The van der Waals surface area contributed by atoms with E-state index in [1.165, 1.54) is 44.9 Å². The van der Waals surface area contributed by atoms with E-state index in [-0.39, 0.29) is 12.8 Å². The smallest absolute Gasteiger partial charge is 0.462 e. The lowest BCUT2D eigenvalue weighted by atomic mass is 9.85. The number of carbonyl (C=O) groups is 2. The Hall–Kier alpha value is -2.71. The van der Waals surface area contributed by atoms with Crippen molar-refractivity contribution >= 4 is 19.8 Å². The second-order valence-corrected chi connectivity index (χ2v) is 17.7. The summed E-state index contributed by atoms with van der Waals surface area (Å²) in [7, 11) is -5.14. The molecule has 14 heteroatoms. The summed E-state index contributed by atoms with van der Waals surface area (Å²) in [5.41, 5.74) is 0. The molecule has 0 amide bonds. The van der Waals surface area contributed by atoms with Gasteiger partial charge in [-0.3, -0.25) is 18.6 Å². The highest BCUT2D eigenvalue weighted by Gasteiger charge is 2.51. The Bertz CT molecular complexity index is 1380. The molecule has 1 aliphatic rings. The Morgan fingerprint density at radius 3 is 1.33 bits per heavy atom. The predicted molar refractivity (Wildman–Crippen MR) is 249 cm³/mol. The summed E-state index contributed by atoms with van der Waals surface area (Å²) >= 11 is 0.